The van der Waals surface area contributed by atoms with E-state index in [1.807, 2.05) is 18.2 Å². The molecule has 2 rings (SSSR count). The van der Waals surface area contributed by atoms with Crippen molar-refractivity contribution in [1.29, 1.82) is 0 Å². The fourth-order valence-corrected chi connectivity index (χ4v) is 3.60. The van der Waals surface area contributed by atoms with E-state index in [0.29, 0.717) is 39.2 Å². The van der Waals surface area contributed by atoms with Gasteiger partial charge in [-0.05, 0) is 23.3 Å². The molecule has 26 heavy (non-hydrogen) atoms. The number of rotatable bonds is 8. The van der Waals surface area contributed by atoms with Gasteiger partial charge in [-0.25, -0.2) is 0 Å². The minimum atomic E-state index is -1.21. The maximum Gasteiger partial charge on any atom is 0.135 e. The Morgan fingerprint density at radius 1 is 0.923 bits per heavy atom. The van der Waals surface area contributed by atoms with Crippen LogP contribution in [0.2, 0.25) is 0 Å². The summed E-state index contributed by atoms with van der Waals surface area (Å²) in [6, 6.07) is 9.04. The van der Waals surface area contributed by atoms with Gasteiger partial charge in [0.15, 0.2) is 0 Å². The number of hydrogen-bond acceptors (Lipinski definition) is 6. The Kier molecular flexibility index (Phi) is 7.56. The fourth-order valence-electron chi connectivity index (χ4n) is 2.38. The Morgan fingerprint density at radius 2 is 1.54 bits per heavy atom. The van der Waals surface area contributed by atoms with Crippen LogP contribution in [-0.2, 0) is 16.9 Å². The monoisotopic (exact) mass is 394 g/mol. The molecule has 0 bridgehead atoms. The van der Waals surface area contributed by atoms with Gasteiger partial charge in [-0.2, -0.15) is 0 Å². The van der Waals surface area contributed by atoms with Crippen molar-refractivity contribution in [3.63, 3.8) is 0 Å². The molecular formula is C19H22O5S2. The first kappa shape index (κ1) is 20.4. The first-order valence-electron chi connectivity index (χ1n) is 7.73. The Balaban J connectivity index is 2.19. The van der Waals surface area contributed by atoms with Gasteiger partial charge in [-0.1, -0.05) is 6.07 Å². The molecule has 2 aromatic rings. The number of hydrogen-bond donors (Lipinski definition) is 1. The molecule has 0 amide bonds. The lowest BCUT2D eigenvalue weighted by Gasteiger charge is -2.13. The molecule has 0 aliphatic carbocycles. The number of methoxy groups -OCH3 is 4. The molecule has 0 aromatic heterocycles. The van der Waals surface area contributed by atoms with Gasteiger partial charge in [0, 0.05) is 28.7 Å². The number of ether oxygens (including phenoxy) is 4. The van der Waals surface area contributed by atoms with E-state index in [1.54, 1.807) is 52.1 Å². The van der Waals surface area contributed by atoms with Crippen LogP contribution in [0.1, 0.15) is 11.1 Å². The van der Waals surface area contributed by atoms with Crippen molar-refractivity contribution in [2.75, 3.05) is 28.4 Å². The van der Waals surface area contributed by atoms with Crippen molar-refractivity contribution in [3.8, 4) is 23.0 Å². The van der Waals surface area contributed by atoms with Crippen LogP contribution in [-0.4, -0.2) is 33.0 Å². The SMILES string of the molecule is COc1cc(OC)c(C=C[S@@+]([O-])Cc2ccc(OC)c(S)c2)c(OC)c1. The third kappa shape index (κ3) is 5.03. The van der Waals surface area contributed by atoms with Crippen LogP contribution in [0.5, 0.6) is 23.0 Å². The Bertz CT molecular complexity index is 752. The second-order valence-corrected chi connectivity index (χ2v) is 7.08. The summed E-state index contributed by atoms with van der Waals surface area (Å²) >= 11 is 3.15. The molecule has 0 fully saturated rings. The summed E-state index contributed by atoms with van der Waals surface area (Å²) < 4.78 is 33.6. The third-order valence-corrected chi connectivity index (χ3v) is 5.10. The molecule has 2 aromatic carbocycles. The highest BCUT2D eigenvalue weighted by Crippen LogP contribution is 2.35. The van der Waals surface area contributed by atoms with Crippen molar-refractivity contribution in [1.82, 2.24) is 0 Å². The van der Waals surface area contributed by atoms with E-state index < -0.39 is 11.2 Å². The van der Waals surface area contributed by atoms with Gasteiger partial charge in [-0.15, -0.1) is 12.6 Å². The first-order valence-corrected chi connectivity index (χ1v) is 9.56. The van der Waals surface area contributed by atoms with E-state index in [4.69, 9.17) is 18.9 Å². The number of benzene rings is 2. The lowest BCUT2D eigenvalue weighted by atomic mass is 10.1. The third-order valence-electron chi connectivity index (χ3n) is 3.69. The quantitative estimate of drug-likeness (QED) is 0.543. The van der Waals surface area contributed by atoms with Crippen molar-refractivity contribution in [3.05, 3.63) is 46.9 Å². The topological polar surface area (TPSA) is 60.0 Å². The zero-order valence-electron chi connectivity index (χ0n) is 15.1. The van der Waals surface area contributed by atoms with Gasteiger partial charge in [0.25, 0.3) is 0 Å². The minimum absolute atomic E-state index is 0.370. The predicted molar refractivity (Wildman–Crippen MR) is 107 cm³/mol. The Morgan fingerprint density at radius 3 is 2.04 bits per heavy atom. The van der Waals surface area contributed by atoms with E-state index in [1.165, 1.54) is 0 Å². The zero-order chi connectivity index (χ0) is 19.1. The van der Waals surface area contributed by atoms with Crippen molar-refractivity contribution in [2.24, 2.45) is 0 Å². The van der Waals surface area contributed by atoms with Crippen LogP contribution in [0.3, 0.4) is 0 Å². The molecule has 0 saturated carbocycles. The summed E-state index contributed by atoms with van der Waals surface area (Å²) in [5, 5.41) is 1.62. The largest absolute Gasteiger partial charge is 0.612 e. The zero-order valence-corrected chi connectivity index (χ0v) is 16.9. The summed E-state index contributed by atoms with van der Waals surface area (Å²) in [6.45, 7) is 0. The van der Waals surface area contributed by atoms with E-state index in [9.17, 15) is 4.55 Å². The van der Waals surface area contributed by atoms with Gasteiger partial charge < -0.3 is 23.5 Å². The van der Waals surface area contributed by atoms with Gasteiger partial charge in [0.05, 0.1) is 34.0 Å². The van der Waals surface area contributed by atoms with Gasteiger partial charge >= 0.3 is 0 Å². The normalized spacial score (nSPS) is 12.1. The highest BCUT2D eigenvalue weighted by molar-refractivity contribution is 7.93. The van der Waals surface area contributed by atoms with Gasteiger partial charge in [0.1, 0.15) is 34.2 Å². The van der Waals surface area contributed by atoms with Crippen LogP contribution in [0.15, 0.2) is 40.6 Å². The van der Waals surface area contributed by atoms with Gasteiger partial charge in [-0.3, -0.25) is 0 Å². The average Bonchev–Trinajstić information content (AvgIpc) is 2.65. The molecule has 0 radical (unpaired) electrons. The second kappa shape index (κ2) is 9.66. The summed E-state index contributed by atoms with van der Waals surface area (Å²) in [5.41, 5.74) is 1.61. The highest BCUT2D eigenvalue weighted by Gasteiger charge is 2.13. The van der Waals surface area contributed by atoms with Gasteiger partial charge in [0.2, 0.25) is 0 Å². The molecule has 0 aliphatic heterocycles. The Labute approximate surface area is 162 Å². The second-order valence-electron chi connectivity index (χ2n) is 5.28. The summed E-state index contributed by atoms with van der Waals surface area (Å²) in [6.07, 6.45) is 1.73. The molecule has 7 heteroatoms. The molecular weight excluding hydrogens is 372 g/mol. The van der Waals surface area contributed by atoms with E-state index in [2.05, 4.69) is 12.6 Å². The standard InChI is InChI=1S/C19H22O5S2/c1-21-14-10-17(23-3)15(18(11-14)24-4)7-8-26(20)12-13-5-6-16(22-2)19(25)9-13/h5-11,25H,12H2,1-4H3/t26-/m1/s1. The highest BCUT2D eigenvalue weighted by atomic mass is 32.2. The molecule has 0 aliphatic rings. The molecule has 0 unspecified atom stereocenters. The average molecular weight is 395 g/mol. The smallest absolute Gasteiger partial charge is 0.135 e. The molecule has 0 heterocycles. The molecule has 0 spiro atoms. The molecule has 140 valence electrons. The Hall–Kier alpha value is -1.96. The number of thiol groups is 1. The van der Waals surface area contributed by atoms with Crippen molar-refractivity contribution in [2.45, 2.75) is 10.6 Å². The minimum Gasteiger partial charge on any atom is -0.612 e. The van der Waals surface area contributed by atoms with E-state index in [-0.39, 0.29) is 0 Å². The summed E-state index contributed by atoms with van der Waals surface area (Å²) in [5.74, 6) is 2.84. The van der Waals surface area contributed by atoms with Crippen LogP contribution in [0.4, 0.5) is 0 Å². The van der Waals surface area contributed by atoms with Crippen LogP contribution in [0.25, 0.3) is 6.08 Å². The maximum atomic E-state index is 12.4. The van der Waals surface area contributed by atoms with Crippen molar-refractivity contribution < 1.29 is 23.5 Å². The molecule has 5 nitrogen and oxygen atoms in total. The first-order chi connectivity index (χ1) is 12.5. The van der Waals surface area contributed by atoms with E-state index in [0.717, 1.165) is 5.56 Å². The molecule has 0 saturated heterocycles. The van der Waals surface area contributed by atoms with E-state index >= 15 is 0 Å². The van der Waals surface area contributed by atoms with Crippen LogP contribution < -0.4 is 18.9 Å². The summed E-state index contributed by atoms with van der Waals surface area (Å²) in [7, 11) is 6.29. The maximum absolute atomic E-state index is 12.4. The van der Waals surface area contributed by atoms with Crippen LogP contribution in [0, 0.1) is 0 Å². The van der Waals surface area contributed by atoms with Crippen molar-refractivity contribution >= 4 is 29.9 Å². The fraction of sp³-hybridized carbons (Fsp3) is 0.263. The lowest BCUT2D eigenvalue weighted by molar-refractivity contribution is 0.374. The molecule has 1 atom stereocenters. The summed E-state index contributed by atoms with van der Waals surface area (Å²) in [4.78, 5) is 0.712. The predicted octanol–water partition coefficient (Wildman–Crippen LogP) is 3.93. The lowest BCUT2D eigenvalue weighted by Crippen LogP contribution is -2.01. The van der Waals surface area contributed by atoms with Crippen LogP contribution >= 0.6 is 12.6 Å². The molecule has 0 N–H and O–H groups in total.